The number of amides is 2. The van der Waals surface area contributed by atoms with Gasteiger partial charge in [-0.25, -0.2) is 0 Å². The van der Waals surface area contributed by atoms with Crippen LogP contribution in [-0.4, -0.2) is 29.6 Å². The van der Waals surface area contributed by atoms with Crippen LogP contribution < -0.4 is 10.6 Å². The van der Waals surface area contributed by atoms with Gasteiger partial charge in [0.25, 0.3) is 5.91 Å². The van der Waals surface area contributed by atoms with Gasteiger partial charge in [0.05, 0.1) is 0 Å². The molecule has 1 aromatic carbocycles. The molecule has 3 N–H and O–H groups in total. The van der Waals surface area contributed by atoms with E-state index in [2.05, 4.69) is 10.6 Å². The molecular formula is C14H20N2O3. The van der Waals surface area contributed by atoms with Gasteiger partial charge in [-0.1, -0.05) is 0 Å². The molecule has 0 aliphatic carbocycles. The minimum atomic E-state index is -0.145. The number of carbonyl (C=O) groups is 2. The Bertz CT molecular complexity index is 427. The van der Waals surface area contributed by atoms with Gasteiger partial charge in [-0.2, -0.15) is 0 Å². The van der Waals surface area contributed by atoms with Crippen LogP contribution in [0.2, 0.25) is 0 Å². The maximum absolute atomic E-state index is 11.7. The molecule has 0 atom stereocenters. The highest BCUT2D eigenvalue weighted by atomic mass is 16.3. The summed E-state index contributed by atoms with van der Waals surface area (Å²) in [7, 11) is 0. The summed E-state index contributed by atoms with van der Waals surface area (Å²) in [6.07, 6.45) is 0.729. The summed E-state index contributed by atoms with van der Waals surface area (Å²) in [5.41, 5.74) is 1.20. The van der Waals surface area contributed by atoms with Crippen LogP contribution in [0.3, 0.4) is 0 Å². The molecule has 104 valence electrons. The minimum Gasteiger partial charge on any atom is -0.396 e. The summed E-state index contributed by atoms with van der Waals surface area (Å²) in [4.78, 5) is 23.1. The summed E-state index contributed by atoms with van der Waals surface area (Å²) < 4.78 is 0. The SMILES string of the molecule is CC(C)NC(=O)c1ccc(NC(=O)CCCO)cc1. The molecule has 0 fully saturated rings. The first-order valence-electron chi connectivity index (χ1n) is 6.34. The average Bonchev–Trinajstić information content (AvgIpc) is 2.36. The number of nitrogens with one attached hydrogen (secondary N) is 2. The number of carbonyl (C=O) groups excluding carboxylic acids is 2. The molecule has 0 unspecified atom stereocenters. The fourth-order valence-electron chi connectivity index (χ4n) is 1.51. The number of hydrogen-bond acceptors (Lipinski definition) is 3. The quantitative estimate of drug-likeness (QED) is 0.729. The number of aliphatic hydroxyl groups is 1. The van der Waals surface area contributed by atoms with E-state index in [0.29, 0.717) is 17.7 Å². The third-order valence-electron chi connectivity index (χ3n) is 2.41. The summed E-state index contributed by atoms with van der Waals surface area (Å²) in [6, 6.07) is 6.79. The lowest BCUT2D eigenvalue weighted by Crippen LogP contribution is -2.30. The Morgan fingerprint density at radius 3 is 2.37 bits per heavy atom. The van der Waals surface area contributed by atoms with Gasteiger partial charge in [0.15, 0.2) is 0 Å². The first-order chi connectivity index (χ1) is 9.02. The standard InChI is InChI=1S/C14H20N2O3/c1-10(2)15-14(19)11-5-7-12(8-6-11)16-13(18)4-3-9-17/h5-8,10,17H,3-4,9H2,1-2H3,(H,15,19)(H,16,18). The van der Waals surface area contributed by atoms with Crippen molar-refractivity contribution in [3.63, 3.8) is 0 Å². The van der Waals surface area contributed by atoms with Crippen molar-refractivity contribution < 1.29 is 14.7 Å². The zero-order valence-electron chi connectivity index (χ0n) is 11.3. The largest absolute Gasteiger partial charge is 0.396 e. The van der Waals surface area contributed by atoms with Gasteiger partial charge in [-0.15, -0.1) is 0 Å². The molecule has 19 heavy (non-hydrogen) atoms. The second-order valence-corrected chi connectivity index (χ2v) is 4.58. The molecular weight excluding hydrogens is 244 g/mol. The van der Waals surface area contributed by atoms with Crippen molar-refractivity contribution in [2.75, 3.05) is 11.9 Å². The van der Waals surface area contributed by atoms with E-state index in [-0.39, 0.29) is 30.9 Å². The summed E-state index contributed by atoms with van der Waals surface area (Å²) in [5, 5.41) is 14.1. The van der Waals surface area contributed by atoms with Crippen molar-refractivity contribution in [3.05, 3.63) is 29.8 Å². The molecule has 1 rings (SSSR count). The van der Waals surface area contributed by atoms with Crippen LogP contribution in [-0.2, 0) is 4.79 Å². The van der Waals surface area contributed by atoms with Crippen molar-refractivity contribution >= 4 is 17.5 Å². The van der Waals surface area contributed by atoms with E-state index in [4.69, 9.17) is 5.11 Å². The molecule has 0 heterocycles. The molecule has 0 bridgehead atoms. The lowest BCUT2D eigenvalue weighted by molar-refractivity contribution is -0.116. The van der Waals surface area contributed by atoms with Gasteiger partial charge in [0.2, 0.25) is 5.91 Å². The van der Waals surface area contributed by atoms with Gasteiger partial charge in [-0.05, 0) is 44.5 Å². The molecule has 5 nitrogen and oxygen atoms in total. The molecule has 5 heteroatoms. The van der Waals surface area contributed by atoms with Crippen LogP contribution in [0.4, 0.5) is 5.69 Å². The molecule has 0 aromatic heterocycles. The lowest BCUT2D eigenvalue weighted by atomic mass is 10.2. The number of benzene rings is 1. The number of aliphatic hydroxyl groups excluding tert-OH is 1. The van der Waals surface area contributed by atoms with Crippen molar-refractivity contribution in [3.8, 4) is 0 Å². The molecule has 0 saturated carbocycles. The fourth-order valence-corrected chi connectivity index (χ4v) is 1.51. The van der Waals surface area contributed by atoms with E-state index in [1.807, 2.05) is 13.8 Å². The fraction of sp³-hybridized carbons (Fsp3) is 0.429. The number of anilines is 1. The zero-order chi connectivity index (χ0) is 14.3. The summed E-state index contributed by atoms with van der Waals surface area (Å²) in [5.74, 6) is -0.276. The Balaban J connectivity index is 2.56. The van der Waals surface area contributed by atoms with Crippen LogP contribution >= 0.6 is 0 Å². The summed E-state index contributed by atoms with van der Waals surface area (Å²) >= 11 is 0. The highest BCUT2D eigenvalue weighted by Gasteiger charge is 2.07. The molecule has 0 radical (unpaired) electrons. The first kappa shape index (κ1) is 15.2. The van der Waals surface area contributed by atoms with Gasteiger partial charge < -0.3 is 15.7 Å². The minimum absolute atomic E-state index is 0.00172. The van der Waals surface area contributed by atoms with Crippen LogP contribution in [0, 0.1) is 0 Å². The number of rotatable bonds is 6. The average molecular weight is 264 g/mol. The van der Waals surface area contributed by atoms with Crippen molar-refractivity contribution in [1.82, 2.24) is 5.32 Å². The molecule has 2 amide bonds. The predicted octanol–water partition coefficient (Wildman–Crippen LogP) is 1.54. The van der Waals surface area contributed by atoms with E-state index in [1.165, 1.54) is 0 Å². The van der Waals surface area contributed by atoms with Crippen LogP contribution in [0.1, 0.15) is 37.0 Å². The topological polar surface area (TPSA) is 78.4 Å². The zero-order valence-corrected chi connectivity index (χ0v) is 11.3. The Morgan fingerprint density at radius 2 is 1.84 bits per heavy atom. The second kappa shape index (κ2) is 7.53. The van der Waals surface area contributed by atoms with E-state index < -0.39 is 0 Å². The molecule has 0 saturated heterocycles. The smallest absolute Gasteiger partial charge is 0.251 e. The normalized spacial score (nSPS) is 10.3. The Morgan fingerprint density at radius 1 is 1.21 bits per heavy atom. The van der Waals surface area contributed by atoms with Gasteiger partial charge in [0, 0.05) is 30.3 Å². The van der Waals surface area contributed by atoms with Gasteiger partial charge in [-0.3, -0.25) is 9.59 Å². The first-order valence-corrected chi connectivity index (χ1v) is 6.34. The second-order valence-electron chi connectivity index (χ2n) is 4.58. The Hall–Kier alpha value is -1.88. The van der Waals surface area contributed by atoms with Crippen LogP contribution in [0.15, 0.2) is 24.3 Å². The molecule has 1 aromatic rings. The van der Waals surface area contributed by atoms with Gasteiger partial charge in [0.1, 0.15) is 0 Å². The molecule has 0 aliphatic rings. The van der Waals surface area contributed by atoms with Crippen LogP contribution in [0.5, 0.6) is 0 Å². The lowest BCUT2D eigenvalue weighted by Gasteiger charge is -2.09. The third-order valence-corrected chi connectivity index (χ3v) is 2.41. The molecule has 0 spiro atoms. The number of hydrogen-bond donors (Lipinski definition) is 3. The van der Waals surface area contributed by atoms with Crippen LogP contribution in [0.25, 0.3) is 0 Å². The van der Waals surface area contributed by atoms with Crippen molar-refractivity contribution in [1.29, 1.82) is 0 Å². The van der Waals surface area contributed by atoms with Crippen molar-refractivity contribution in [2.24, 2.45) is 0 Å². The van der Waals surface area contributed by atoms with E-state index in [1.54, 1.807) is 24.3 Å². The maximum atomic E-state index is 11.7. The summed E-state index contributed by atoms with van der Waals surface area (Å²) in [6.45, 7) is 3.79. The van der Waals surface area contributed by atoms with Crippen molar-refractivity contribution in [2.45, 2.75) is 32.7 Å². The Kier molecular flexibility index (Phi) is 6.02. The van der Waals surface area contributed by atoms with E-state index in [0.717, 1.165) is 0 Å². The molecule has 0 aliphatic heterocycles. The highest BCUT2D eigenvalue weighted by molar-refractivity contribution is 5.95. The monoisotopic (exact) mass is 264 g/mol. The van der Waals surface area contributed by atoms with E-state index in [9.17, 15) is 9.59 Å². The highest BCUT2D eigenvalue weighted by Crippen LogP contribution is 2.10. The van der Waals surface area contributed by atoms with Gasteiger partial charge >= 0.3 is 0 Å². The maximum Gasteiger partial charge on any atom is 0.251 e. The van der Waals surface area contributed by atoms with E-state index >= 15 is 0 Å². The predicted molar refractivity (Wildman–Crippen MR) is 74.0 cm³/mol. The third kappa shape index (κ3) is 5.52. The Labute approximate surface area is 113 Å².